The van der Waals surface area contributed by atoms with Crippen molar-refractivity contribution in [3.8, 4) is 11.3 Å². The van der Waals surface area contributed by atoms with Crippen molar-refractivity contribution in [2.75, 3.05) is 42.8 Å². The molecule has 1 aliphatic rings. The largest absolute Gasteiger partial charge is 0.385 e. The van der Waals surface area contributed by atoms with Gasteiger partial charge in [0.1, 0.15) is 12.5 Å². The molecule has 54 heavy (non-hydrogen) atoms. The molecule has 1 aliphatic carbocycles. The van der Waals surface area contributed by atoms with Crippen molar-refractivity contribution in [1.29, 1.82) is 0 Å². The second kappa shape index (κ2) is 18.9. The van der Waals surface area contributed by atoms with Gasteiger partial charge in [-0.3, -0.25) is 14.4 Å². The molecule has 13 heteroatoms. The fourth-order valence-corrected chi connectivity index (χ4v) is 6.44. The van der Waals surface area contributed by atoms with Crippen LogP contribution in [0.4, 0.5) is 21.5 Å². The number of carbonyl (C=O) groups excluding carboxylic acids is 4. The summed E-state index contributed by atoms with van der Waals surface area (Å²) in [4.78, 5) is 57.2. The summed E-state index contributed by atoms with van der Waals surface area (Å²) < 4.78 is 14.8. The maximum absolute atomic E-state index is 13.4. The Hall–Kier alpha value is -5.59. The lowest BCUT2D eigenvalue weighted by Crippen LogP contribution is -2.36. The van der Waals surface area contributed by atoms with E-state index in [1.165, 1.54) is 21.2 Å². The molecular weight excluding hydrogens is 688 g/mol. The third kappa shape index (κ3) is 9.88. The van der Waals surface area contributed by atoms with E-state index in [-0.39, 0.29) is 11.6 Å². The minimum atomic E-state index is -1.01. The molecule has 286 valence electrons. The van der Waals surface area contributed by atoms with E-state index in [2.05, 4.69) is 38.7 Å². The van der Waals surface area contributed by atoms with Gasteiger partial charge < -0.3 is 30.5 Å². The Labute approximate surface area is 316 Å². The highest BCUT2D eigenvalue weighted by molar-refractivity contribution is 5.95. The van der Waals surface area contributed by atoms with E-state index in [9.17, 15) is 23.6 Å². The summed E-state index contributed by atoms with van der Waals surface area (Å²) in [5.41, 5.74) is 6.08. The second-order valence-electron chi connectivity index (χ2n) is 13.9. The third-order valence-corrected chi connectivity index (χ3v) is 9.71. The first-order chi connectivity index (χ1) is 26.2. The van der Waals surface area contributed by atoms with E-state index in [1.807, 2.05) is 49.3 Å². The summed E-state index contributed by atoms with van der Waals surface area (Å²) in [6, 6.07) is 14.1. The smallest absolute Gasteiger partial charge is 0.271 e. The number of unbranched alkanes of at least 4 members (excludes halogenated alkanes) is 5. The van der Waals surface area contributed by atoms with Crippen LogP contribution in [0.25, 0.3) is 16.9 Å². The number of allylic oxidation sites excluding steroid dienone is 1. The number of imidazole rings is 1. The minimum absolute atomic E-state index is 0.140. The number of aryl methyl sites for hydroxylation is 1. The third-order valence-electron chi connectivity index (χ3n) is 9.71. The Morgan fingerprint density at radius 2 is 1.72 bits per heavy atom. The van der Waals surface area contributed by atoms with Gasteiger partial charge >= 0.3 is 0 Å². The molecule has 1 fully saturated rings. The normalized spacial score (nSPS) is 15.3. The molecule has 3 amide bonds. The van der Waals surface area contributed by atoms with Crippen molar-refractivity contribution in [1.82, 2.24) is 25.2 Å². The van der Waals surface area contributed by atoms with Crippen LogP contribution in [0, 0.1) is 0 Å². The van der Waals surface area contributed by atoms with Crippen LogP contribution in [0.1, 0.15) is 84.2 Å². The lowest BCUT2D eigenvalue weighted by atomic mass is 10.0. The lowest BCUT2D eigenvalue weighted by Gasteiger charge is -2.29. The Bertz CT molecular complexity index is 1930. The highest BCUT2D eigenvalue weighted by Gasteiger charge is 2.39. The highest BCUT2D eigenvalue weighted by atomic mass is 19.1. The summed E-state index contributed by atoms with van der Waals surface area (Å²) in [6.45, 7) is 4.32. The fourth-order valence-electron chi connectivity index (χ4n) is 6.44. The molecule has 1 unspecified atom stereocenters. The number of carbonyl (C=O) groups is 4. The van der Waals surface area contributed by atoms with E-state index in [0.29, 0.717) is 48.4 Å². The number of anilines is 3. The predicted octanol–water partition coefficient (Wildman–Crippen LogP) is 6.15. The van der Waals surface area contributed by atoms with Gasteiger partial charge in [-0.05, 0) is 68.0 Å². The van der Waals surface area contributed by atoms with Crippen molar-refractivity contribution >= 4 is 47.2 Å². The number of halogens is 1. The van der Waals surface area contributed by atoms with Crippen LogP contribution in [0.15, 0.2) is 67.4 Å². The van der Waals surface area contributed by atoms with Crippen LogP contribution in [-0.2, 0) is 16.0 Å². The zero-order chi connectivity index (χ0) is 38.6. The zero-order valence-corrected chi connectivity index (χ0v) is 31.4. The number of aldehydes is 1. The maximum Gasteiger partial charge on any atom is 0.271 e. The predicted molar refractivity (Wildman–Crippen MR) is 211 cm³/mol. The Balaban J connectivity index is 1.04. The standard InChI is InChI=1S/C41H51FN8O4/c1-5-6-14-31(26-51)49(27-52)36-20-15-28(22-37(36)48(3)4)13-11-9-7-8-10-12-21-44-40(53)30-18-16-29(17-19-30)33-24-35(43-2)39-45-25-38(50(39)47-33)41(54)46-34-23-32(34)42/h5,15-20,22,24-27,31-32,34,43H,1,6-14,21,23H2,2-4H3,(H,44,53)(H,46,54)/t31?,32-,34+/m0/s1. The first-order valence-electron chi connectivity index (χ1n) is 18.7. The number of aromatic nitrogens is 3. The van der Waals surface area contributed by atoms with Crippen molar-refractivity contribution in [2.24, 2.45) is 0 Å². The number of hydrogen-bond donors (Lipinski definition) is 3. The highest BCUT2D eigenvalue weighted by Crippen LogP contribution is 2.32. The SMILES string of the molecule is C=CCCC(C=O)N(C=O)c1ccc(CCCCCCCCNC(=O)c2ccc(-c3cc(NC)c4ncc(C(=O)N[C@@H]5C[C@@H]5F)n4n3)cc2)cc1N(C)C. The van der Waals surface area contributed by atoms with Crippen molar-refractivity contribution < 1.29 is 23.6 Å². The van der Waals surface area contributed by atoms with Gasteiger partial charge in [-0.1, -0.05) is 50.0 Å². The van der Waals surface area contributed by atoms with Crippen molar-refractivity contribution in [3.05, 3.63) is 84.2 Å². The van der Waals surface area contributed by atoms with Gasteiger partial charge in [0, 0.05) is 45.2 Å². The van der Waals surface area contributed by atoms with Crippen LogP contribution >= 0.6 is 0 Å². The number of nitrogens with one attached hydrogen (secondary N) is 3. The summed E-state index contributed by atoms with van der Waals surface area (Å²) in [6.07, 6.45) is 12.4. The first-order valence-corrected chi connectivity index (χ1v) is 18.7. The van der Waals surface area contributed by atoms with Crippen molar-refractivity contribution in [3.63, 3.8) is 0 Å². The van der Waals surface area contributed by atoms with E-state index in [1.54, 1.807) is 25.3 Å². The molecule has 0 saturated heterocycles. The Kier molecular flexibility index (Phi) is 13.9. The molecule has 2 heterocycles. The van der Waals surface area contributed by atoms with Crippen LogP contribution in [0.3, 0.4) is 0 Å². The van der Waals surface area contributed by atoms with Crippen molar-refractivity contribution in [2.45, 2.75) is 82.5 Å². The minimum Gasteiger partial charge on any atom is -0.385 e. The number of hydrogen-bond acceptors (Lipinski definition) is 8. The lowest BCUT2D eigenvalue weighted by molar-refractivity contribution is -0.113. The number of amides is 3. The Morgan fingerprint density at radius 1 is 1.00 bits per heavy atom. The summed E-state index contributed by atoms with van der Waals surface area (Å²) >= 11 is 0. The van der Waals surface area contributed by atoms with Crippen LogP contribution < -0.4 is 25.8 Å². The molecule has 2 aromatic carbocycles. The molecule has 0 radical (unpaired) electrons. The van der Waals surface area contributed by atoms with Gasteiger partial charge in [0.25, 0.3) is 11.8 Å². The summed E-state index contributed by atoms with van der Waals surface area (Å²) in [5.74, 6) is -0.571. The number of benzene rings is 2. The number of rotatable bonds is 22. The van der Waals surface area contributed by atoms with Gasteiger partial charge in [-0.2, -0.15) is 5.10 Å². The van der Waals surface area contributed by atoms with Crippen LogP contribution in [-0.4, -0.2) is 85.1 Å². The zero-order valence-electron chi connectivity index (χ0n) is 31.4. The molecule has 1 saturated carbocycles. The van der Waals surface area contributed by atoms with E-state index in [0.717, 1.165) is 74.6 Å². The fraction of sp³-hybridized carbons (Fsp3) is 0.415. The molecule has 0 aliphatic heterocycles. The molecular formula is C41H51FN8O4. The topological polar surface area (TPSA) is 141 Å². The quantitative estimate of drug-likeness (QED) is 0.0496. The first kappa shape index (κ1) is 39.6. The van der Waals surface area contributed by atoms with Gasteiger partial charge in [0.05, 0.1) is 41.0 Å². The van der Waals surface area contributed by atoms with E-state index in [4.69, 9.17) is 0 Å². The monoisotopic (exact) mass is 738 g/mol. The summed E-state index contributed by atoms with van der Waals surface area (Å²) in [5, 5.41) is 13.4. The second-order valence-corrected chi connectivity index (χ2v) is 13.9. The van der Waals surface area contributed by atoms with Crippen LogP contribution in [0.2, 0.25) is 0 Å². The van der Waals surface area contributed by atoms with Crippen LogP contribution in [0.5, 0.6) is 0 Å². The molecule has 2 aromatic heterocycles. The molecule has 3 atom stereocenters. The average Bonchev–Trinajstić information content (AvgIpc) is 3.70. The average molecular weight is 739 g/mol. The number of alkyl halides is 1. The van der Waals surface area contributed by atoms with E-state index < -0.39 is 24.2 Å². The molecule has 3 N–H and O–H groups in total. The van der Waals surface area contributed by atoms with Gasteiger partial charge in [-0.25, -0.2) is 13.9 Å². The maximum atomic E-state index is 13.4. The molecule has 0 bridgehead atoms. The van der Waals surface area contributed by atoms with Gasteiger partial charge in [-0.15, -0.1) is 6.58 Å². The van der Waals surface area contributed by atoms with Gasteiger partial charge in [0.15, 0.2) is 11.3 Å². The molecule has 12 nitrogen and oxygen atoms in total. The summed E-state index contributed by atoms with van der Waals surface area (Å²) in [7, 11) is 5.63. The molecule has 4 aromatic rings. The van der Waals surface area contributed by atoms with E-state index >= 15 is 0 Å². The number of nitrogens with zero attached hydrogens (tertiary/aromatic N) is 5. The molecule has 0 spiro atoms. The van der Waals surface area contributed by atoms with Gasteiger partial charge in [0.2, 0.25) is 6.41 Å². The Morgan fingerprint density at radius 3 is 2.37 bits per heavy atom. The molecule has 5 rings (SSSR count). The number of fused-ring (bicyclic) bond motifs is 1.